The molecule has 22 heavy (non-hydrogen) atoms. The lowest BCUT2D eigenvalue weighted by Crippen LogP contribution is -2.57. The largest absolute Gasteiger partial charge is 0.349 e. The van der Waals surface area contributed by atoms with Crippen LogP contribution in [-0.4, -0.2) is 35.5 Å². The smallest absolute Gasteiger partial charge is 0.252 e. The number of carbonyl (C=O) groups is 1. The fraction of sp³-hybridized carbons (Fsp3) is 0.611. The Labute approximate surface area is 141 Å². The molecule has 0 aromatic heterocycles. The third kappa shape index (κ3) is 3.38. The van der Waals surface area contributed by atoms with Gasteiger partial charge in [0.15, 0.2) is 0 Å². The third-order valence-electron chi connectivity index (χ3n) is 5.06. The van der Waals surface area contributed by atoms with E-state index in [1.165, 1.54) is 32.2 Å². The van der Waals surface area contributed by atoms with Gasteiger partial charge in [0.1, 0.15) is 0 Å². The number of fused-ring (bicyclic) bond motifs is 2. The molecule has 4 heteroatoms. The van der Waals surface area contributed by atoms with Crippen LogP contribution in [0.4, 0.5) is 0 Å². The number of halogens is 1. The van der Waals surface area contributed by atoms with Gasteiger partial charge in [-0.3, -0.25) is 9.69 Å². The summed E-state index contributed by atoms with van der Waals surface area (Å²) in [7, 11) is 0. The summed E-state index contributed by atoms with van der Waals surface area (Å²) in [6, 6.07) is 9.31. The zero-order valence-electron chi connectivity index (χ0n) is 13.2. The predicted molar refractivity (Wildman–Crippen MR) is 93.1 cm³/mol. The minimum atomic E-state index is 0.0551. The minimum Gasteiger partial charge on any atom is -0.349 e. The third-order valence-corrected chi connectivity index (χ3v) is 5.75. The van der Waals surface area contributed by atoms with Gasteiger partial charge < -0.3 is 5.32 Å². The van der Waals surface area contributed by atoms with Crippen molar-refractivity contribution in [3.63, 3.8) is 0 Å². The Morgan fingerprint density at radius 1 is 1.27 bits per heavy atom. The first kappa shape index (κ1) is 16.0. The van der Waals surface area contributed by atoms with E-state index in [2.05, 4.69) is 33.1 Å². The molecule has 120 valence electrons. The number of nitrogens with one attached hydrogen (secondary N) is 1. The SMILES string of the molecule is CCCN1[C@H]2CCC[C@H]1CC(NC(=O)c1ccccc1Br)C2. The zero-order valence-corrected chi connectivity index (χ0v) is 14.8. The van der Waals surface area contributed by atoms with Crippen molar-refractivity contribution in [2.24, 2.45) is 0 Å². The number of hydrogen-bond donors (Lipinski definition) is 1. The van der Waals surface area contributed by atoms with Crippen molar-refractivity contribution in [1.82, 2.24) is 10.2 Å². The summed E-state index contributed by atoms with van der Waals surface area (Å²) < 4.78 is 0.871. The Balaban J connectivity index is 1.65. The van der Waals surface area contributed by atoms with Gasteiger partial charge in [-0.05, 0) is 66.7 Å². The fourth-order valence-electron chi connectivity index (χ4n) is 4.13. The van der Waals surface area contributed by atoms with E-state index in [4.69, 9.17) is 0 Å². The first-order valence-corrected chi connectivity index (χ1v) is 9.29. The van der Waals surface area contributed by atoms with Crippen molar-refractivity contribution in [2.75, 3.05) is 6.54 Å². The maximum atomic E-state index is 12.5. The van der Waals surface area contributed by atoms with Crippen molar-refractivity contribution in [3.05, 3.63) is 34.3 Å². The normalized spacial score (nSPS) is 28.4. The molecular formula is C18H25BrN2O. The van der Waals surface area contributed by atoms with Crippen LogP contribution in [0.5, 0.6) is 0 Å². The minimum absolute atomic E-state index is 0.0551. The molecule has 0 unspecified atom stereocenters. The standard InChI is InChI=1S/C18H25BrN2O/c1-2-10-21-14-6-5-7-15(21)12-13(11-14)20-18(22)16-8-3-4-9-17(16)19/h3-4,8-9,13-15H,2,5-7,10-12H2,1H3,(H,20,22)/t14-,15-/m0/s1. The molecule has 2 fully saturated rings. The Bertz CT molecular complexity index is 520. The monoisotopic (exact) mass is 364 g/mol. The molecule has 0 spiro atoms. The molecule has 2 aliphatic heterocycles. The van der Waals surface area contributed by atoms with Crippen LogP contribution in [-0.2, 0) is 0 Å². The molecule has 2 atom stereocenters. The van der Waals surface area contributed by atoms with Gasteiger partial charge in [-0.1, -0.05) is 25.5 Å². The van der Waals surface area contributed by atoms with E-state index in [-0.39, 0.29) is 5.91 Å². The quantitative estimate of drug-likeness (QED) is 0.876. The molecule has 2 heterocycles. The van der Waals surface area contributed by atoms with E-state index >= 15 is 0 Å². The molecular weight excluding hydrogens is 340 g/mol. The molecule has 1 amide bonds. The van der Waals surface area contributed by atoms with Crippen LogP contribution in [0.15, 0.2) is 28.7 Å². The van der Waals surface area contributed by atoms with E-state index in [1.807, 2.05) is 24.3 Å². The molecule has 1 aromatic carbocycles. The van der Waals surface area contributed by atoms with Gasteiger partial charge in [0.2, 0.25) is 0 Å². The van der Waals surface area contributed by atoms with E-state index in [9.17, 15) is 4.79 Å². The first-order valence-electron chi connectivity index (χ1n) is 8.50. The summed E-state index contributed by atoms with van der Waals surface area (Å²) in [6.45, 7) is 3.47. The number of benzene rings is 1. The maximum Gasteiger partial charge on any atom is 0.252 e. The second-order valence-electron chi connectivity index (χ2n) is 6.60. The van der Waals surface area contributed by atoms with Crippen molar-refractivity contribution in [1.29, 1.82) is 0 Å². The Kier molecular flexibility index (Phi) is 5.19. The molecule has 3 rings (SSSR count). The van der Waals surface area contributed by atoms with Crippen LogP contribution >= 0.6 is 15.9 Å². The topological polar surface area (TPSA) is 32.3 Å². The zero-order chi connectivity index (χ0) is 15.5. The van der Waals surface area contributed by atoms with Crippen molar-refractivity contribution < 1.29 is 4.79 Å². The summed E-state index contributed by atoms with van der Waals surface area (Å²) in [5.41, 5.74) is 0.739. The Hall–Kier alpha value is -0.870. The summed E-state index contributed by atoms with van der Waals surface area (Å²) in [5.74, 6) is 0.0551. The lowest BCUT2D eigenvalue weighted by Gasteiger charge is -2.49. The highest BCUT2D eigenvalue weighted by atomic mass is 79.9. The van der Waals surface area contributed by atoms with Crippen LogP contribution in [0.25, 0.3) is 0 Å². The second kappa shape index (κ2) is 7.14. The number of carbonyl (C=O) groups excluding carboxylic acids is 1. The lowest BCUT2D eigenvalue weighted by molar-refractivity contribution is 0.0245. The van der Waals surface area contributed by atoms with Gasteiger partial charge in [0.05, 0.1) is 5.56 Å². The molecule has 2 aliphatic rings. The second-order valence-corrected chi connectivity index (χ2v) is 7.45. The van der Waals surface area contributed by atoms with E-state index in [1.54, 1.807) is 0 Å². The fourth-order valence-corrected chi connectivity index (χ4v) is 4.59. The Morgan fingerprint density at radius 2 is 1.95 bits per heavy atom. The highest BCUT2D eigenvalue weighted by molar-refractivity contribution is 9.10. The molecule has 2 bridgehead atoms. The average molecular weight is 365 g/mol. The van der Waals surface area contributed by atoms with Gasteiger partial charge in [0.25, 0.3) is 5.91 Å². The van der Waals surface area contributed by atoms with Crippen LogP contribution in [0.2, 0.25) is 0 Å². The highest BCUT2D eigenvalue weighted by Gasteiger charge is 2.38. The van der Waals surface area contributed by atoms with E-state index in [0.29, 0.717) is 18.1 Å². The average Bonchev–Trinajstić information content (AvgIpc) is 2.48. The molecule has 1 aromatic rings. The molecule has 2 saturated heterocycles. The lowest BCUT2D eigenvalue weighted by atomic mass is 9.81. The van der Waals surface area contributed by atoms with Crippen LogP contribution in [0.1, 0.15) is 55.8 Å². The summed E-state index contributed by atoms with van der Waals surface area (Å²) >= 11 is 3.47. The maximum absolute atomic E-state index is 12.5. The van der Waals surface area contributed by atoms with Gasteiger partial charge in [0, 0.05) is 22.6 Å². The molecule has 0 saturated carbocycles. The van der Waals surface area contributed by atoms with E-state index in [0.717, 1.165) is 22.9 Å². The van der Waals surface area contributed by atoms with Crippen molar-refractivity contribution in [3.8, 4) is 0 Å². The highest BCUT2D eigenvalue weighted by Crippen LogP contribution is 2.34. The van der Waals surface area contributed by atoms with Crippen LogP contribution in [0, 0.1) is 0 Å². The van der Waals surface area contributed by atoms with Crippen molar-refractivity contribution in [2.45, 2.75) is 63.6 Å². The number of nitrogens with zero attached hydrogens (tertiary/aromatic N) is 1. The van der Waals surface area contributed by atoms with Crippen LogP contribution < -0.4 is 5.32 Å². The summed E-state index contributed by atoms with van der Waals surface area (Å²) in [4.78, 5) is 15.2. The Morgan fingerprint density at radius 3 is 2.59 bits per heavy atom. The number of rotatable bonds is 4. The van der Waals surface area contributed by atoms with Gasteiger partial charge >= 0.3 is 0 Å². The van der Waals surface area contributed by atoms with E-state index < -0.39 is 0 Å². The summed E-state index contributed by atoms with van der Waals surface area (Å²) in [5, 5.41) is 3.27. The van der Waals surface area contributed by atoms with Gasteiger partial charge in [-0.15, -0.1) is 0 Å². The molecule has 1 N–H and O–H groups in total. The summed E-state index contributed by atoms with van der Waals surface area (Å²) in [6.07, 6.45) is 7.36. The molecule has 0 radical (unpaired) electrons. The van der Waals surface area contributed by atoms with Gasteiger partial charge in [-0.25, -0.2) is 0 Å². The number of piperidine rings is 2. The number of hydrogen-bond acceptors (Lipinski definition) is 2. The predicted octanol–water partition coefficient (Wildman–Crippen LogP) is 3.97. The van der Waals surface area contributed by atoms with Gasteiger partial charge in [-0.2, -0.15) is 0 Å². The van der Waals surface area contributed by atoms with Crippen LogP contribution in [0.3, 0.4) is 0 Å². The first-order chi connectivity index (χ1) is 10.7. The molecule has 0 aliphatic carbocycles. The number of amides is 1. The molecule has 3 nitrogen and oxygen atoms in total. The van der Waals surface area contributed by atoms with Crippen molar-refractivity contribution >= 4 is 21.8 Å².